The lowest BCUT2D eigenvalue weighted by Crippen LogP contribution is -2.30. The summed E-state index contributed by atoms with van der Waals surface area (Å²) in [5, 5.41) is 22.7. The Kier molecular flexibility index (Phi) is 6.87. The van der Waals surface area contributed by atoms with Crippen molar-refractivity contribution in [1.29, 1.82) is 0 Å². The minimum atomic E-state index is -3.65. The smallest absolute Gasteiger partial charge is 0.304 e. The van der Waals surface area contributed by atoms with Gasteiger partial charge in [0.05, 0.1) is 22.3 Å². The predicted octanol–water partition coefficient (Wildman–Crippen LogP) is 3.49. The van der Waals surface area contributed by atoms with Crippen LogP contribution in [0.5, 0.6) is 0 Å². The Morgan fingerprint density at radius 3 is 2.44 bits per heavy atom. The normalized spacial score (nSPS) is 15.8. The topological polar surface area (TPSA) is 118 Å². The molecule has 1 aliphatic heterocycles. The van der Waals surface area contributed by atoms with Crippen LogP contribution in [0.3, 0.4) is 0 Å². The van der Waals surface area contributed by atoms with E-state index < -0.39 is 21.2 Å². The van der Waals surface area contributed by atoms with Crippen molar-refractivity contribution in [3.63, 3.8) is 0 Å². The highest BCUT2D eigenvalue weighted by Crippen LogP contribution is 2.35. The summed E-state index contributed by atoms with van der Waals surface area (Å²) in [5.41, 5.74) is 3.05. The van der Waals surface area contributed by atoms with E-state index >= 15 is 0 Å². The van der Waals surface area contributed by atoms with Crippen LogP contribution in [0, 0.1) is 6.92 Å². The van der Waals surface area contributed by atoms with E-state index in [1.54, 1.807) is 42.8 Å². The number of sulfonamides is 1. The zero-order valence-corrected chi connectivity index (χ0v) is 20.7. The maximum atomic E-state index is 13.0. The molecule has 2 aromatic carbocycles. The number of carboxylic acids is 1. The maximum Gasteiger partial charge on any atom is 0.304 e. The molecule has 0 aliphatic carbocycles. The Labute approximate surface area is 202 Å². The lowest BCUT2D eigenvalue weighted by molar-refractivity contribution is -0.136. The van der Waals surface area contributed by atoms with Gasteiger partial charge in [-0.3, -0.25) is 4.79 Å². The Balaban J connectivity index is 1.80. The second-order valence-corrected chi connectivity index (χ2v) is 10.9. The SMILES string of the molecule is CCN(CC)S(=O)(=O)c1cccc(-c2nnc3n2N=C(c2ccc(C)cc2)[C@H](CC(=O)O)S3)c1. The van der Waals surface area contributed by atoms with Crippen molar-refractivity contribution >= 4 is 33.5 Å². The number of rotatable bonds is 8. The Hall–Kier alpha value is -3.02. The molecule has 3 aromatic rings. The van der Waals surface area contributed by atoms with Gasteiger partial charge in [-0.25, -0.2) is 8.42 Å². The van der Waals surface area contributed by atoms with Crippen molar-refractivity contribution in [2.24, 2.45) is 5.10 Å². The molecule has 1 aromatic heterocycles. The summed E-state index contributed by atoms with van der Waals surface area (Å²) in [6.45, 7) is 6.31. The summed E-state index contributed by atoms with van der Waals surface area (Å²) in [4.78, 5) is 11.7. The van der Waals surface area contributed by atoms with E-state index in [-0.39, 0.29) is 11.3 Å². The lowest BCUT2D eigenvalue weighted by Gasteiger charge is -2.22. The number of carboxylic acid groups (broad SMARTS) is 1. The molecule has 4 rings (SSSR count). The van der Waals surface area contributed by atoms with Crippen molar-refractivity contribution in [2.75, 3.05) is 13.1 Å². The number of hydrogen-bond donors (Lipinski definition) is 1. The summed E-state index contributed by atoms with van der Waals surface area (Å²) in [5.74, 6) is -0.544. The molecule has 0 fully saturated rings. The molecule has 0 amide bonds. The number of aromatic nitrogens is 3. The molecule has 2 heterocycles. The highest BCUT2D eigenvalue weighted by molar-refractivity contribution is 8.00. The highest BCUT2D eigenvalue weighted by atomic mass is 32.2. The zero-order valence-electron chi connectivity index (χ0n) is 19.0. The van der Waals surface area contributed by atoms with E-state index in [9.17, 15) is 18.3 Å². The summed E-state index contributed by atoms with van der Waals surface area (Å²) >= 11 is 1.28. The summed E-state index contributed by atoms with van der Waals surface area (Å²) in [6.07, 6.45) is -0.114. The van der Waals surface area contributed by atoms with Gasteiger partial charge in [-0.1, -0.05) is 67.6 Å². The zero-order chi connectivity index (χ0) is 24.5. The van der Waals surface area contributed by atoms with Gasteiger partial charge in [0.2, 0.25) is 15.2 Å². The van der Waals surface area contributed by atoms with Gasteiger partial charge >= 0.3 is 5.97 Å². The Morgan fingerprint density at radius 1 is 1.09 bits per heavy atom. The van der Waals surface area contributed by atoms with Crippen LogP contribution in [0.4, 0.5) is 0 Å². The predicted molar refractivity (Wildman–Crippen MR) is 131 cm³/mol. The first-order valence-electron chi connectivity index (χ1n) is 10.8. The van der Waals surface area contributed by atoms with Gasteiger partial charge in [0, 0.05) is 18.7 Å². The number of nitrogens with zero attached hydrogens (tertiary/aromatic N) is 5. The van der Waals surface area contributed by atoms with Gasteiger partial charge in [0.25, 0.3) is 0 Å². The quantitative estimate of drug-likeness (QED) is 0.504. The molecule has 1 aliphatic rings. The summed E-state index contributed by atoms with van der Waals surface area (Å²) in [6, 6.07) is 14.3. The number of aryl methyl sites for hydroxylation is 1. The fourth-order valence-electron chi connectivity index (χ4n) is 3.74. The first kappa shape index (κ1) is 24.1. The van der Waals surface area contributed by atoms with Crippen LogP contribution in [-0.2, 0) is 14.8 Å². The van der Waals surface area contributed by atoms with E-state index in [4.69, 9.17) is 5.10 Å². The standard InChI is InChI=1S/C23H25N5O4S2/c1-4-27(5-2)34(31,32)18-8-6-7-17(13-18)22-24-25-23-28(22)26-21(19(33-23)14-20(29)30)16-11-9-15(3)10-12-16/h6-13,19H,4-5,14H2,1-3H3,(H,29,30)/t19-/m0/s1. The average molecular weight is 500 g/mol. The molecule has 178 valence electrons. The second kappa shape index (κ2) is 9.69. The second-order valence-electron chi connectivity index (χ2n) is 7.79. The Morgan fingerprint density at radius 2 is 1.79 bits per heavy atom. The first-order chi connectivity index (χ1) is 16.2. The fraction of sp³-hybridized carbons (Fsp3) is 0.304. The van der Waals surface area contributed by atoms with E-state index in [0.29, 0.717) is 35.3 Å². The van der Waals surface area contributed by atoms with E-state index in [1.165, 1.54) is 16.1 Å². The van der Waals surface area contributed by atoms with Gasteiger partial charge in [-0.05, 0) is 24.6 Å². The van der Waals surface area contributed by atoms with E-state index in [0.717, 1.165) is 11.1 Å². The average Bonchev–Trinajstić information content (AvgIpc) is 3.22. The molecular weight excluding hydrogens is 474 g/mol. The van der Waals surface area contributed by atoms with Crippen LogP contribution in [0.2, 0.25) is 0 Å². The molecule has 9 nitrogen and oxygen atoms in total. The van der Waals surface area contributed by atoms with Gasteiger partial charge in [-0.15, -0.1) is 10.2 Å². The molecule has 34 heavy (non-hydrogen) atoms. The van der Waals surface area contributed by atoms with Gasteiger partial charge in [0.1, 0.15) is 0 Å². The number of fused-ring (bicyclic) bond motifs is 1. The molecule has 0 bridgehead atoms. The van der Waals surface area contributed by atoms with Gasteiger partial charge < -0.3 is 5.11 Å². The summed E-state index contributed by atoms with van der Waals surface area (Å²) in [7, 11) is -3.65. The number of carbonyl (C=O) groups is 1. The third-order valence-corrected chi connectivity index (χ3v) is 8.70. The van der Waals surface area contributed by atoms with Crippen molar-refractivity contribution in [1.82, 2.24) is 19.2 Å². The number of thioether (sulfide) groups is 1. The minimum Gasteiger partial charge on any atom is -0.481 e. The van der Waals surface area contributed by atoms with Crippen LogP contribution in [-0.4, -0.2) is 62.7 Å². The molecule has 0 saturated carbocycles. The molecule has 0 unspecified atom stereocenters. The maximum absolute atomic E-state index is 13.0. The fourth-order valence-corrected chi connectivity index (χ4v) is 6.33. The lowest BCUT2D eigenvalue weighted by atomic mass is 10.0. The van der Waals surface area contributed by atoms with E-state index in [1.807, 2.05) is 31.2 Å². The molecular formula is C23H25N5O4S2. The third kappa shape index (κ3) is 4.63. The van der Waals surface area contributed by atoms with Crippen LogP contribution in [0.25, 0.3) is 11.4 Å². The molecule has 0 spiro atoms. The van der Waals surface area contributed by atoms with Crippen molar-refractivity contribution < 1.29 is 18.3 Å². The first-order valence-corrected chi connectivity index (χ1v) is 13.2. The molecule has 1 atom stereocenters. The Bertz CT molecular complexity index is 1350. The van der Waals surface area contributed by atoms with Crippen molar-refractivity contribution in [3.8, 4) is 11.4 Å². The van der Waals surface area contributed by atoms with E-state index in [2.05, 4.69) is 10.2 Å². The molecule has 1 N–H and O–H groups in total. The number of aliphatic carboxylic acids is 1. The van der Waals surface area contributed by atoms with Crippen LogP contribution in [0.15, 0.2) is 63.7 Å². The van der Waals surface area contributed by atoms with Crippen molar-refractivity contribution in [3.05, 3.63) is 59.7 Å². The van der Waals surface area contributed by atoms with Crippen LogP contribution in [0.1, 0.15) is 31.4 Å². The monoisotopic (exact) mass is 499 g/mol. The summed E-state index contributed by atoms with van der Waals surface area (Å²) < 4.78 is 29.0. The largest absolute Gasteiger partial charge is 0.481 e. The van der Waals surface area contributed by atoms with Crippen LogP contribution < -0.4 is 0 Å². The van der Waals surface area contributed by atoms with Gasteiger partial charge in [0.15, 0.2) is 5.82 Å². The number of hydrogen-bond acceptors (Lipinski definition) is 7. The molecule has 11 heteroatoms. The van der Waals surface area contributed by atoms with Crippen molar-refractivity contribution in [2.45, 2.75) is 42.5 Å². The molecule has 0 radical (unpaired) electrons. The molecule has 0 saturated heterocycles. The minimum absolute atomic E-state index is 0.114. The third-order valence-electron chi connectivity index (χ3n) is 5.52. The van der Waals surface area contributed by atoms with Gasteiger partial charge in [-0.2, -0.15) is 14.1 Å². The van der Waals surface area contributed by atoms with Crippen LogP contribution >= 0.6 is 11.8 Å². The number of benzene rings is 2. The highest BCUT2D eigenvalue weighted by Gasteiger charge is 2.31.